The molecule has 2 aromatic heterocycles. The van der Waals surface area contributed by atoms with Crippen molar-refractivity contribution >= 4 is 49.5 Å². The van der Waals surface area contributed by atoms with Crippen molar-refractivity contribution in [1.82, 2.24) is 15.0 Å². The van der Waals surface area contributed by atoms with Crippen LogP contribution in [0, 0.1) is 0 Å². The molecule has 0 fully saturated rings. The lowest BCUT2D eigenvalue weighted by Crippen LogP contribution is -2.11. The third-order valence-corrected chi connectivity index (χ3v) is 10.2. The first-order valence-electron chi connectivity index (χ1n) is 18.5. The monoisotopic (exact) mass is 702 g/mol. The molecule has 0 unspecified atom stereocenters. The number of benzene rings is 8. The van der Waals surface area contributed by atoms with E-state index in [1.165, 1.54) is 5.39 Å². The van der Waals surface area contributed by atoms with Crippen LogP contribution in [0.2, 0.25) is 0 Å². The molecule has 0 bridgehead atoms. The number of hydrogen-bond acceptors (Lipinski definition) is 4. The van der Waals surface area contributed by atoms with E-state index in [1.54, 1.807) is 0 Å². The maximum atomic E-state index is 5.58. The van der Waals surface area contributed by atoms with Gasteiger partial charge in [0, 0.05) is 49.8 Å². The topological polar surface area (TPSA) is 41.9 Å². The van der Waals surface area contributed by atoms with Gasteiger partial charge in [0.25, 0.3) is 0 Å². The largest absolute Gasteiger partial charge is 0.310 e. The van der Waals surface area contributed by atoms with Crippen molar-refractivity contribution in [2.45, 2.75) is 0 Å². The SMILES string of the molecule is c1ccc(-c2cc(-c3ccccc3)nc(-c3ccccc3-c3nc4ccccc4c4c3c(N(c3ccccc3)c3ccccc3)cc3ccccc34)n2)cc1. The molecule has 0 aliphatic rings. The summed E-state index contributed by atoms with van der Waals surface area (Å²) in [5.74, 6) is 0.643. The van der Waals surface area contributed by atoms with Crippen LogP contribution in [0.5, 0.6) is 0 Å². The second-order valence-corrected chi connectivity index (χ2v) is 13.6. The van der Waals surface area contributed by atoms with E-state index >= 15 is 0 Å². The summed E-state index contributed by atoms with van der Waals surface area (Å²) < 4.78 is 0. The van der Waals surface area contributed by atoms with E-state index in [9.17, 15) is 0 Å². The third kappa shape index (κ3) is 5.87. The summed E-state index contributed by atoms with van der Waals surface area (Å²) in [4.78, 5) is 18.5. The predicted octanol–water partition coefficient (Wildman–Crippen LogP) is 13.5. The van der Waals surface area contributed by atoms with Crippen LogP contribution in [0.25, 0.3) is 77.6 Å². The quantitative estimate of drug-likeness (QED) is 0.155. The van der Waals surface area contributed by atoms with Gasteiger partial charge in [0.15, 0.2) is 5.82 Å². The van der Waals surface area contributed by atoms with Gasteiger partial charge < -0.3 is 4.90 Å². The number of fused-ring (bicyclic) bond motifs is 5. The van der Waals surface area contributed by atoms with Crippen LogP contribution < -0.4 is 4.90 Å². The third-order valence-electron chi connectivity index (χ3n) is 10.2. The second-order valence-electron chi connectivity index (χ2n) is 13.6. The predicted molar refractivity (Wildman–Crippen MR) is 229 cm³/mol. The summed E-state index contributed by atoms with van der Waals surface area (Å²) >= 11 is 0. The molecule has 0 saturated carbocycles. The van der Waals surface area contributed by atoms with E-state index in [-0.39, 0.29) is 0 Å². The Morgan fingerprint density at radius 2 is 0.855 bits per heavy atom. The smallest absolute Gasteiger partial charge is 0.161 e. The molecule has 0 radical (unpaired) electrons. The summed E-state index contributed by atoms with van der Waals surface area (Å²) in [5.41, 5.74) is 10.6. The Morgan fingerprint density at radius 3 is 1.47 bits per heavy atom. The van der Waals surface area contributed by atoms with E-state index in [4.69, 9.17) is 15.0 Å². The highest BCUT2D eigenvalue weighted by atomic mass is 15.1. The van der Waals surface area contributed by atoms with Gasteiger partial charge in [0.05, 0.1) is 28.3 Å². The Bertz CT molecular complexity index is 2850. The molecule has 0 N–H and O–H groups in total. The Labute approximate surface area is 319 Å². The maximum Gasteiger partial charge on any atom is 0.161 e. The first kappa shape index (κ1) is 32.2. The lowest BCUT2D eigenvalue weighted by atomic mass is 9.91. The fourth-order valence-electron chi connectivity index (χ4n) is 7.73. The van der Waals surface area contributed by atoms with Gasteiger partial charge in [-0.3, -0.25) is 0 Å². The highest BCUT2D eigenvalue weighted by Crippen LogP contribution is 2.48. The highest BCUT2D eigenvalue weighted by molar-refractivity contribution is 6.27. The molecule has 258 valence electrons. The van der Waals surface area contributed by atoms with Gasteiger partial charge >= 0.3 is 0 Å². The summed E-state index contributed by atoms with van der Waals surface area (Å²) in [7, 11) is 0. The second kappa shape index (κ2) is 13.8. The van der Waals surface area contributed by atoms with E-state index in [1.807, 2.05) is 12.1 Å². The van der Waals surface area contributed by atoms with E-state index in [0.29, 0.717) is 5.82 Å². The minimum absolute atomic E-state index is 0.643. The molecule has 10 rings (SSSR count). The molecule has 2 heterocycles. The van der Waals surface area contributed by atoms with Crippen LogP contribution in [-0.2, 0) is 0 Å². The van der Waals surface area contributed by atoms with Gasteiger partial charge in [-0.2, -0.15) is 0 Å². The molecule has 4 heteroatoms. The van der Waals surface area contributed by atoms with E-state index in [0.717, 1.165) is 83.5 Å². The molecule has 8 aromatic carbocycles. The number of anilines is 3. The van der Waals surface area contributed by atoms with Crippen LogP contribution in [0.4, 0.5) is 17.1 Å². The van der Waals surface area contributed by atoms with Crippen LogP contribution in [0.15, 0.2) is 206 Å². The molecule has 10 aromatic rings. The van der Waals surface area contributed by atoms with Crippen molar-refractivity contribution in [1.29, 1.82) is 0 Å². The molecule has 4 nitrogen and oxygen atoms in total. The zero-order valence-electron chi connectivity index (χ0n) is 29.9. The standard InChI is InChI=1S/C51H34N4/c1-5-19-35(20-6-1)45-34-46(36-21-7-2-8-22-36)54-51(53-45)42-30-16-15-29-41(42)50-49-47(55(38-24-9-3-10-25-38)39-26-11-4-12-27-39)33-37-23-13-14-28-40(37)48(49)43-31-17-18-32-44(43)52-50/h1-34H. The first-order chi connectivity index (χ1) is 27.3. The Morgan fingerprint density at radius 1 is 0.364 bits per heavy atom. The highest BCUT2D eigenvalue weighted by Gasteiger charge is 2.24. The Kier molecular flexibility index (Phi) is 8.12. The molecular weight excluding hydrogens is 669 g/mol. The number of aromatic nitrogens is 3. The van der Waals surface area contributed by atoms with Gasteiger partial charge in [0.2, 0.25) is 0 Å². The number of pyridine rings is 1. The van der Waals surface area contributed by atoms with E-state index in [2.05, 4.69) is 199 Å². The molecule has 0 aliphatic carbocycles. The summed E-state index contributed by atoms with van der Waals surface area (Å²) in [6.45, 7) is 0. The van der Waals surface area contributed by atoms with Crippen molar-refractivity contribution in [2.24, 2.45) is 0 Å². The van der Waals surface area contributed by atoms with Gasteiger partial charge in [0.1, 0.15) is 0 Å². The van der Waals surface area contributed by atoms with Gasteiger partial charge in [-0.25, -0.2) is 15.0 Å². The summed E-state index contributed by atoms with van der Waals surface area (Å²) in [6, 6.07) is 71.9. The van der Waals surface area contributed by atoms with Crippen molar-refractivity contribution in [3.8, 4) is 45.2 Å². The van der Waals surface area contributed by atoms with Crippen LogP contribution >= 0.6 is 0 Å². The van der Waals surface area contributed by atoms with Gasteiger partial charge in [-0.05, 0) is 53.2 Å². The Balaban J connectivity index is 1.33. The molecule has 0 aliphatic heterocycles. The first-order valence-corrected chi connectivity index (χ1v) is 18.5. The van der Waals surface area contributed by atoms with Crippen molar-refractivity contribution in [2.75, 3.05) is 4.90 Å². The summed E-state index contributed by atoms with van der Waals surface area (Å²) in [6.07, 6.45) is 0. The van der Waals surface area contributed by atoms with Crippen LogP contribution in [0.3, 0.4) is 0 Å². The lowest BCUT2D eigenvalue weighted by molar-refractivity contribution is 1.18. The number of hydrogen-bond donors (Lipinski definition) is 0. The minimum Gasteiger partial charge on any atom is -0.310 e. The molecule has 0 amide bonds. The Hall–Kier alpha value is -7.43. The fourth-order valence-corrected chi connectivity index (χ4v) is 7.73. The molecule has 55 heavy (non-hydrogen) atoms. The zero-order chi connectivity index (χ0) is 36.6. The number of nitrogens with zero attached hydrogens (tertiary/aromatic N) is 4. The fraction of sp³-hybridized carbons (Fsp3) is 0. The average molecular weight is 703 g/mol. The average Bonchev–Trinajstić information content (AvgIpc) is 3.27. The molecular formula is C51H34N4. The van der Waals surface area contributed by atoms with Crippen molar-refractivity contribution in [3.05, 3.63) is 206 Å². The normalized spacial score (nSPS) is 11.3. The maximum absolute atomic E-state index is 5.58. The summed E-state index contributed by atoms with van der Waals surface area (Å²) in [5, 5.41) is 5.65. The molecule has 0 saturated heterocycles. The zero-order valence-corrected chi connectivity index (χ0v) is 29.9. The number of rotatable bonds is 7. The molecule has 0 atom stereocenters. The van der Waals surface area contributed by atoms with Gasteiger partial charge in [-0.1, -0.05) is 164 Å². The minimum atomic E-state index is 0.643. The number of para-hydroxylation sites is 3. The van der Waals surface area contributed by atoms with Crippen molar-refractivity contribution < 1.29 is 0 Å². The van der Waals surface area contributed by atoms with Crippen molar-refractivity contribution in [3.63, 3.8) is 0 Å². The lowest BCUT2D eigenvalue weighted by Gasteiger charge is -2.29. The van der Waals surface area contributed by atoms with Crippen LogP contribution in [-0.4, -0.2) is 15.0 Å². The van der Waals surface area contributed by atoms with Crippen LogP contribution in [0.1, 0.15) is 0 Å². The van der Waals surface area contributed by atoms with Gasteiger partial charge in [-0.15, -0.1) is 0 Å². The molecule has 0 spiro atoms. The van der Waals surface area contributed by atoms with E-state index < -0.39 is 0 Å².